The zero-order valence-corrected chi connectivity index (χ0v) is 12.6. The van der Waals surface area contributed by atoms with Gasteiger partial charge in [0.25, 0.3) is 5.56 Å². The van der Waals surface area contributed by atoms with E-state index in [1.54, 1.807) is 19.2 Å². The minimum absolute atomic E-state index is 0.203. The highest BCUT2D eigenvalue weighted by molar-refractivity contribution is 9.10. The molecule has 0 spiro atoms. The molecule has 2 aromatic heterocycles. The third-order valence-corrected chi connectivity index (χ3v) is 3.29. The molecule has 0 fully saturated rings. The van der Waals surface area contributed by atoms with E-state index in [-0.39, 0.29) is 5.56 Å². The van der Waals surface area contributed by atoms with Crippen LogP contribution in [-0.4, -0.2) is 26.5 Å². The molecule has 0 unspecified atom stereocenters. The second kappa shape index (κ2) is 6.47. The first-order valence-corrected chi connectivity index (χ1v) is 6.80. The number of allylic oxidation sites excluding steroid dienone is 1. The Kier molecular flexibility index (Phi) is 4.67. The Morgan fingerprint density at radius 1 is 1.60 bits per heavy atom. The standard InChI is InChI=1S/C12H14BrN5O2/c1-3-6-18-12(19)11(13)9(7-15-18)14-5-4-10-16-8(2)20-17-10/h3,7,14H,1,4-6H2,2H3. The number of anilines is 1. The van der Waals surface area contributed by atoms with E-state index in [0.29, 0.717) is 41.4 Å². The number of nitrogens with one attached hydrogen (secondary N) is 1. The maximum atomic E-state index is 11.9. The molecule has 8 heteroatoms. The van der Waals surface area contributed by atoms with Crippen molar-refractivity contribution < 1.29 is 4.52 Å². The number of aryl methyl sites for hydroxylation is 1. The van der Waals surface area contributed by atoms with Crippen molar-refractivity contribution in [1.82, 2.24) is 19.9 Å². The lowest BCUT2D eigenvalue weighted by Crippen LogP contribution is -2.24. The molecule has 0 radical (unpaired) electrons. The van der Waals surface area contributed by atoms with Gasteiger partial charge in [-0.2, -0.15) is 10.1 Å². The van der Waals surface area contributed by atoms with E-state index in [2.05, 4.69) is 43.1 Å². The second-order valence-electron chi connectivity index (χ2n) is 4.05. The van der Waals surface area contributed by atoms with Crippen LogP contribution in [-0.2, 0) is 13.0 Å². The third kappa shape index (κ3) is 3.32. The van der Waals surface area contributed by atoms with Crippen molar-refractivity contribution in [3.05, 3.63) is 45.4 Å². The fraction of sp³-hybridized carbons (Fsp3) is 0.333. The van der Waals surface area contributed by atoms with Crippen LogP contribution in [0, 0.1) is 6.92 Å². The van der Waals surface area contributed by atoms with Crippen LogP contribution in [0.1, 0.15) is 11.7 Å². The largest absolute Gasteiger partial charge is 0.382 e. The molecule has 0 saturated heterocycles. The van der Waals surface area contributed by atoms with Crippen LogP contribution < -0.4 is 10.9 Å². The van der Waals surface area contributed by atoms with E-state index in [1.807, 2.05) is 0 Å². The topological polar surface area (TPSA) is 85.8 Å². The van der Waals surface area contributed by atoms with E-state index < -0.39 is 0 Å². The molecular formula is C12H14BrN5O2. The molecule has 0 saturated carbocycles. The quantitative estimate of drug-likeness (QED) is 0.803. The van der Waals surface area contributed by atoms with Crippen molar-refractivity contribution in [2.75, 3.05) is 11.9 Å². The molecule has 0 bridgehead atoms. The van der Waals surface area contributed by atoms with Crippen molar-refractivity contribution in [3.8, 4) is 0 Å². The van der Waals surface area contributed by atoms with Gasteiger partial charge in [0.1, 0.15) is 4.47 Å². The maximum absolute atomic E-state index is 11.9. The van der Waals surface area contributed by atoms with Crippen molar-refractivity contribution in [2.24, 2.45) is 0 Å². The summed E-state index contributed by atoms with van der Waals surface area (Å²) in [5.74, 6) is 1.16. The Morgan fingerprint density at radius 3 is 3.05 bits per heavy atom. The predicted octanol–water partition coefficient (Wildman–Crippen LogP) is 1.54. The number of halogens is 1. The van der Waals surface area contributed by atoms with Gasteiger partial charge in [-0.3, -0.25) is 4.79 Å². The average molecular weight is 340 g/mol. The van der Waals surface area contributed by atoms with E-state index in [1.165, 1.54) is 4.68 Å². The van der Waals surface area contributed by atoms with Gasteiger partial charge in [0.2, 0.25) is 5.89 Å². The van der Waals surface area contributed by atoms with Gasteiger partial charge in [-0.05, 0) is 15.9 Å². The summed E-state index contributed by atoms with van der Waals surface area (Å²) >= 11 is 3.27. The smallest absolute Gasteiger partial charge is 0.283 e. The Hall–Kier alpha value is -1.96. The monoisotopic (exact) mass is 339 g/mol. The number of rotatable bonds is 6. The van der Waals surface area contributed by atoms with E-state index in [4.69, 9.17) is 4.52 Å². The van der Waals surface area contributed by atoms with Gasteiger partial charge in [-0.25, -0.2) is 4.68 Å². The lowest BCUT2D eigenvalue weighted by molar-refractivity contribution is 0.387. The van der Waals surface area contributed by atoms with E-state index >= 15 is 0 Å². The molecule has 20 heavy (non-hydrogen) atoms. The van der Waals surface area contributed by atoms with Gasteiger partial charge in [0, 0.05) is 19.9 Å². The van der Waals surface area contributed by atoms with Crippen molar-refractivity contribution in [2.45, 2.75) is 19.9 Å². The highest BCUT2D eigenvalue weighted by atomic mass is 79.9. The molecule has 0 aliphatic rings. The molecule has 106 valence electrons. The lowest BCUT2D eigenvalue weighted by atomic mass is 10.3. The zero-order valence-electron chi connectivity index (χ0n) is 11.0. The average Bonchev–Trinajstić information content (AvgIpc) is 2.84. The highest BCUT2D eigenvalue weighted by Gasteiger charge is 2.08. The van der Waals surface area contributed by atoms with Crippen molar-refractivity contribution in [3.63, 3.8) is 0 Å². The molecule has 0 atom stereocenters. The van der Waals surface area contributed by atoms with Gasteiger partial charge in [0.15, 0.2) is 5.82 Å². The Labute approximate surface area is 123 Å². The van der Waals surface area contributed by atoms with Gasteiger partial charge in [-0.1, -0.05) is 11.2 Å². The molecule has 1 N–H and O–H groups in total. The highest BCUT2D eigenvalue weighted by Crippen LogP contribution is 2.15. The Bertz CT molecular complexity index is 664. The number of hydrogen-bond donors (Lipinski definition) is 1. The fourth-order valence-corrected chi connectivity index (χ4v) is 2.04. The minimum Gasteiger partial charge on any atom is -0.382 e. The second-order valence-corrected chi connectivity index (χ2v) is 4.85. The van der Waals surface area contributed by atoms with Crippen LogP contribution in [0.2, 0.25) is 0 Å². The summed E-state index contributed by atoms with van der Waals surface area (Å²) in [6, 6.07) is 0. The molecule has 0 aromatic carbocycles. The third-order valence-electron chi connectivity index (χ3n) is 2.52. The van der Waals surface area contributed by atoms with Crippen molar-refractivity contribution >= 4 is 21.6 Å². The zero-order chi connectivity index (χ0) is 14.5. The summed E-state index contributed by atoms with van der Waals surface area (Å²) in [6.07, 6.45) is 3.81. The Balaban J connectivity index is 2.01. The predicted molar refractivity (Wildman–Crippen MR) is 77.6 cm³/mol. The first kappa shape index (κ1) is 14.4. The fourth-order valence-electron chi connectivity index (χ4n) is 1.59. The number of nitrogens with zero attached hydrogens (tertiary/aromatic N) is 4. The maximum Gasteiger partial charge on any atom is 0.283 e. The Morgan fingerprint density at radius 2 is 2.40 bits per heavy atom. The van der Waals surface area contributed by atoms with Crippen molar-refractivity contribution in [1.29, 1.82) is 0 Å². The van der Waals surface area contributed by atoms with Crippen LogP contribution in [0.4, 0.5) is 5.69 Å². The van der Waals surface area contributed by atoms with Crippen LogP contribution in [0.25, 0.3) is 0 Å². The van der Waals surface area contributed by atoms with Gasteiger partial charge < -0.3 is 9.84 Å². The normalized spacial score (nSPS) is 10.5. The molecule has 2 heterocycles. The molecule has 0 aliphatic heterocycles. The van der Waals surface area contributed by atoms with Crippen LogP contribution in [0.15, 0.2) is 32.6 Å². The molecule has 0 amide bonds. The van der Waals surface area contributed by atoms with Crippen LogP contribution in [0.5, 0.6) is 0 Å². The van der Waals surface area contributed by atoms with E-state index in [0.717, 1.165) is 0 Å². The summed E-state index contributed by atoms with van der Waals surface area (Å²) in [4.78, 5) is 16.0. The van der Waals surface area contributed by atoms with Gasteiger partial charge in [0.05, 0.1) is 18.4 Å². The first-order chi connectivity index (χ1) is 9.61. The molecule has 7 nitrogen and oxygen atoms in total. The number of aromatic nitrogens is 4. The summed E-state index contributed by atoms with van der Waals surface area (Å²) in [6.45, 7) is 6.27. The van der Waals surface area contributed by atoms with E-state index in [9.17, 15) is 4.79 Å². The molecule has 2 aromatic rings. The summed E-state index contributed by atoms with van der Waals surface area (Å²) < 4.78 is 6.65. The molecule has 0 aliphatic carbocycles. The van der Waals surface area contributed by atoms with Crippen LogP contribution >= 0.6 is 15.9 Å². The SMILES string of the molecule is C=CCn1ncc(NCCc2noc(C)n2)c(Br)c1=O. The number of hydrogen-bond acceptors (Lipinski definition) is 6. The van der Waals surface area contributed by atoms with Gasteiger partial charge in [-0.15, -0.1) is 6.58 Å². The lowest BCUT2D eigenvalue weighted by Gasteiger charge is -2.08. The van der Waals surface area contributed by atoms with Crippen LogP contribution in [0.3, 0.4) is 0 Å². The summed E-state index contributed by atoms with van der Waals surface area (Å²) in [5, 5.41) is 11.0. The van der Waals surface area contributed by atoms with Gasteiger partial charge >= 0.3 is 0 Å². The first-order valence-electron chi connectivity index (χ1n) is 6.01. The minimum atomic E-state index is -0.203. The molecule has 2 rings (SSSR count). The summed E-state index contributed by atoms with van der Waals surface area (Å²) in [5.41, 5.74) is 0.431. The molecular weight excluding hydrogens is 326 g/mol. The summed E-state index contributed by atoms with van der Waals surface area (Å²) in [7, 11) is 0.